The van der Waals surface area contributed by atoms with Gasteiger partial charge in [-0.1, -0.05) is 30.3 Å². The highest BCUT2D eigenvalue weighted by atomic mass is 32.1. The van der Waals surface area contributed by atoms with Gasteiger partial charge in [0.25, 0.3) is 5.91 Å². The number of hydrogen-bond acceptors (Lipinski definition) is 5. The van der Waals surface area contributed by atoms with Crippen LogP contribution in [0.1, 0.15) is 18.5 Å². The predicted molar refractivity (Wildman–Crippen MR) is 98.4 cm³/mol. The Morgan fingerprint density at radius 1 is 1.20 bits per heavy atom. The summed E-state index contributed by atoms with van der Waals surface area (Å²) in [5, 5.41) is 3.22. The molecular formula is C19H23N3O2S. The minimum atomic E-state index is -0.196. The summed E-state index contributed by atoms with van der Waals surface area (Å²) in [5.74, 6) is 0.178. The number of carbonyl (C=O) groups is 1. The second kappa shape index (κ2) is 7.64. The summed E-state index contributed by atoms with van der Waals surface area (Å²) in [7, 11) is 0. The number of aromatic nitrogens is 1. The highest BCUT2D eigenvalue weighted by Crippen LogP contribution is 2.24. The summed E-state index contributed by atoms with van der Waals surface area (Å²) in [6, 6.07) is 10.3. The Labute approximate surface area is 152 Å². The molecule has 1 atom stereocenters. The normalized spacial score (nSPS) is 21.6. The fourth-order valence-corrected chi connectivity index (χ4v) is 4.24. The molecule has 2 aliphatic rings. The van der Waals surface area contributed by atoms with Crippen LogP contribution in [0.2, 0.25) is 0 Å². The average Bonchev–Trinajstić information content (AvgIpc) is 3.35. The van der Waals surface area contributed by atoms with Gasteiger partial charge in [0.1, 0.15) is 11.1 Å². The van der Waals surface area contributed by atoms with Crippen molar-refractivity contribution in [2.75, 3.05) is 32.8 Å². The van der Waals surface area contributed by atoms with Crippen molar-refractivity contribution in [3.8, 4) is 10.6 Å². The molecular weight excluding hydrogens is 334 g/mol. The first-order chi connectivity index (χ1) is 12.3. The van der Waals surface area contributed by atoms with Gasteiger partial charge in [-0.05, 0) is 12.8 Å². The Hall–Kier alpha value is -1.76. The molecule has 0 N–H and O–H groups in total. The fourth-order valence-electron chi connectivity index (χ4n) is 3.42. The smallest absolute Gasteiger partial charge is 0.251 e. The Bertz CT molecular complexity index is 704. The van der Waals surface area contributed by atoms with E-state index >= 15 is 0 Å². The van der Waals surface area contributed by atoms with Crippen LogP contribution < -0.4 is 0 Å². The van der Waals surface area contributed by atoms with E-state index in [0.717, 1.165) is 62.9 Å². The lowest BCUT2D eigenvalue weighted by atomic mass is 10.2. The van der Waals surface area contributed by atoms with Crippen LogP contribution >= 0.6 is 11.3 Å². The van der Waals surface area contributed by atoms with Crippen LogP contribution in [0, 0.1) is 0 Å². The number of amides is 1. The van der Waals surface area contributed by atoms with Gasteiger partial charge in [0.05, 0.1) is 5.69 Å². The molecule has 25 heavy (non-hydrogen) atoms. The first-order valence-corrected chi connectivity index (χ1v) is 9.80. The lowest BCUT2D eigenvalue weighted by Crippen LogP contribution is -2.51. The molecule has 1 amide bonds. The van der Waals surface area contributed by atoms with Crippen molar-refractivity contribution in [1.82, 2.24) is 14.8 Å². The van der Waals surface area contributed by atoms with Gasteiger partial charge in [-0.25, -0.2) is 4.98 Å². The first-order valence-electron chi connectivity index (χ1n) is 8.92. The molecule has 0 bridgehead atoms. The molecule has 2 saturated heterocycles. The van der Waals surface area contributed by atoms with E-state index in [-0.39, 0.29) is 12.0 Å². The lowest BCUT2D eigenvalue weighted by Gasteiger charge is -2.35. The van der Waals surface area contributed by atoms with E-state index in [0.29, 0.717) is 0 Å². The number of piperazine rings is 1. The molecule has 4 rings (SSSR count). The minimum absolute atomic E-state index is 0.178. The van der Waals surface area contributed by atoms with Crippen molar-refractivity contribution in [1.29, 1.82) is 0 Å². The van der Waals surface area contributed by atoms with E-state index in [1.165, 1.54) is 5.56 Å². The summed E-state index contributed by atoms with van der Waals surface area (Å²) in [6.07, 6.45) is 1.68. The van der Waals surface area contributed by atoms with Crippen LogP contribution in [0.15, 0.2) is 35.7 Å². The van der Waals surface area contributed by atoms with Gasteiger partial charge in [0.2, 0.25) is 0 Å². The van der Waals surface area contributed by atoms with Crippen molar-refractivity contribution < 1.29 is 9.53 Å². The summed E-state index contributed by atoms with van der Waals surface area (Å²) < 4.78 is 5.52. The average molecular weight is 357 g/mol. The van der Waals surface area contributed by atoms with Gasteiger partial charge in [-0.3, -0.25) is 9.69 Å². The molecule has 0 spiro atoms. The standard InChI is InChI=1S/C19H23N3O2S/c23-19(17-7-4-12-24-17)22-10-8-21(9-11-22)13-16-14-25-18(20-16)15-5-2-1-3-6-15/h1-3,5-6,14,17H,4,7-13H2. The SMILES string of the molecule is O=C(C1CCCO1)N1CCN(Cc2csc(-c3ccccc3)n2)CC1. The number of ether oxygens (including phenoxy) is 1. The largest absolute Gasteiger partial charge is 0.368 e. The van der Waals surface area contributed by atoms with Gasteiger partial charge in [0, 0.05) is 50.3 Å². The molecule has 6 heteroatoms. The summed E-state index contributed by atoms with van der Waals surface area (Å²) in [5.41, 5.74) is 2.29. The van der Waals surface area contributed by atoms with Gasteiger partial charge in [-0.15, -0.1) is 11.3 Å². The van der Waals surface area contributed by atoms with Crippen molar-refractivity contribution >= 4 is 17.2 Å². The number of hydrogen-bond donors (Lipinski definition) is 0. The van der Waals surface area contributed by atoms with E-state index in [1.807, 2.05) is 23.1 Å². The van der Waals surface area contributed by atoms with E-state index in [2.05, 4.69) is 22.4 Å². The monoisotopic (exact) mass is 357 g/mol. The third kappa shape index (κ3) is 3.92. The minimum Gasteiger partial charge on any atom is -0.368 e. The molecule has 2 aromatic rings. The number of rotatable bonds is 4. The molecule has 5 nitrogen and oxygen atoms in total. The van der Waals surface area contributed by atoms with Gasteiger partial charge in [-0.2, -0.15) is 0 Å². The van der Waals surface area contributed by atoms with Crippen LogP contribution in [0.5, 0.6) is 0 Å². The van der Waals surface area contributed by atoms with E-state index in [9.17, 15) is 4.79 Å². The van der Waals surface area contributed by atoms with Crippen LogP contribution in [-0.2, 0) is 16.1 Å². The van der Waals surface area contributed by atoms with Crippen molar-refractivity contribution in [3.05, 3.63) is 41.4 Å². The Balaban J connectivity index is 1.30. The summed E-state index contributed by atoms with van der Waals surface area (Å²) in [6.45, 7) is 4.95. The second-order valence-electron chi connectivity index (χ2n) is 6.61. The van der Waals surface area contributed by atoms with Crippen LogP contribution in [0.3, 0.4) is 0 Å². The molecule has 1 unspecified atom stereocenters. The third-order valence-electron chi connectivity index (χ3n) is 4.85. The van der Waals surface area contributed by atoms with Gasteiger partial charge >= 0.3 is 0 Å². The zero-order valence-corrected chi connectivity index (χ0v) is 15.1. The fraction of sp³-hybridized carbons (Fsp3) is 0.474. The molecule has 0 aliphatic carbocycles. The molecule has 2 fully saturated rings. The predicted octanol–water partition coefficient (Wildman–Crippen LogP) is 2.63. The topological polar surface area (TPSA) is 45.7 Å². The maximum absolute atomic E-state index is 12.4. The quantitative estimate of drug-likeness (QED) is 0.844. The third-order valence-corrected chi connectivity index (χ3v) is 5.79. The van der Waals surface area contributed by atoms with Crippen molar-refractivity contribution in [2.24, 2.45) is 0 Å². The second-order valence-corrected chi connectivity index (χ2v) is 7.47. The molecule has 2 aliphatic heterocycles. The molecule has 1 aromatic carbocycles. The zero-order chi connectivity index (χ0) is 17.1. The maximum Gasteiger partial charge on any atom is 0.251 e. The first kappa shape index (κ1) is 16.7. The van der Waals surface area contributed by atoms with E-state index in [4.69, 9.17) is 9.72 Å². The van der Waals surface area contributed by atoms with Crippen molar-refractivity contribution in [2.45, 2.75) is 25.5 Å². The molecule has 0 saturated carbocycles. The Morgan fingerprint density at radius 3 is 2.72 bits per heavy atom. The molecule has 0 radical (unpaired) electrons. The number of nitrogens with zero attached hydrogens (tertiary/aromatic N) is 3. The number of carbonyl (C=O) groups excluding carboxylic acids is 1. The molecule has 132 valence electrons. The maximum atomic E-state index is 12.4. The van der Waals surface area contributed by atoms with E-state index < -0.39 is 0 Å². The number of benzene rings is 1. The van der Waals surface area contributed by atoms with Crippen molar-refractivity contribution in [3.63, 3.8) is 0 Å². The summed E-state index contributed by atoms with van der Waals surface area (Å²) >= 11 is 1.69. The Kier molecular flexibility index (Phi) is 5.10. The highest BCUT2D eigenvalue weighted by molar-refractivity contribution is 7.13. The summed E-state index contributed by atoms with van der Waals surface area (Å²) in [4.78, 5) is 21.5. The Morgan fingerprint density at radius 2 is 2.00 bits per heavy atom. The zero-order valence-electron chi connectivity index (χ0n) is 14.3. The lowest BCUT2D eigenvalue weighted by molar-refractivity contribution is -0.142. The van der Waals surface area contributed by atoms with E-state index in [1.54, 1.807) is 11.3 Å². The number of thiazole rings is 1. The van der Waals surface area contributed by atoms with Crippen LogP contribution in [0.4, 0.5) is 0 Å². The molecule has 1 aromatic heterocycles. The van der Waals surface area contributed by atoms with Gasteiger partial charge < -0.3 is 9.64 Å². The highest BCUT2D eigenvalue weighted by Gasteiger charge is 2.30. The molecule has 3 heterocycles. The van der Waals surface area contributed by atoms with Crippen LogP contribution in [0.25, 0.3) is 10.6 Å². The van der Waals surface area contributed by atoms with Crippen LogP contribution in [-0.4, -0.2) is 59.6 Å². The van der Waals surface area contributed by atoms with Gasteiger partial charge in [0.15, 0.2) is 0 Å².